The zero-order valence-electron chi connectivity index (χ0n) is 18.1. The topological polar surface area (TPSA) is 89.5 Å². The Morgan fingerprint density at radius 1 is 1.10 bits per heavy atom. The molecule has 7 heteroatoms. The van der Waals surface area contributed by atoms with E-state index >= 15 is 0 Å². The summed E-state index contributed by atoms with van der Waals surface area (Å²) in [7, 11) is 0. The molecule has 2 amide bonds. The molecule has 1 aromatic carbocycles. The molecule has 0 spiro atoms. The Balaban J connectivity index is 1.50. The quantitative estimate of drug-likeness (QED) is 0.607. The normalized spacial score (nSPS) is 14.0. The molecule has 1 aliphatic carbocycles. The zero-order valence-corrected chi connectivity index (χ0v) is 18.1. The van der Waals surface area contributed by atoms with Gasteiger partial charge < -0.3 is 20.1 Å². The number of nitrogens with zero attached hydrogens (tertiary/aromatic N) is 1. The van der Waals surface area contributed by atoms with E-state index in [-0.39, 0.29) is 24.3 Å². The van der Waals surface area contributed by atoms with Gasteiger partial charge in [0, 0.05) is 42.5 Å². The number of carbonyl (C=O) groups is 2. The average Bonchev–Trinajstić information content (AvgIpc) is 2.79. The molecule has 0 bridgehead atoms. The number of rotatable bonds is 10. The van der Waals surface area contributed by atoms with Crippen LogP contribution in [0.4, 0.5) is 0 Å². The summed E-state index contributed by atoms with van der Waals surface area (Å²) >= 11 is 0. The maximum atomic E-state index is 12.5. The van der Waals surface area contributed by atoms with Crippen molar-refractivity contribution in [3.63, 3.8) is 0 Å². The van der Waals surface area contributed by atoms with E-state index in [0.717, 1.165) is 18.4 Å². The molecule has 0 atom stereocenters. The van der Waals surface area contributed by atoms with E-state index in [1.165, 1.54) is 19.3 Å². The van der Waals surface area contributed by atoms with Crippen LogP contribution in [0.15, 0.2) is 42.7 Å². The summed E-state index contributed by atoms with van der Waals surface area (Å²) in [5.74, 6) is 0.815. The molecule has 1 heterocycles. The summed E-state index contributed by atoms with van der Waals surface area (Å²) in [6.07, 6.45) is 9.42. The van der Waals surface area contributed by atoms with E-state index in [1.54, 1.807) is 30.6 Å². The van der Waals surface area contributed by atoms with Gasteiger partial charge in [0.1, 0.15) is 6.61 Å². The van der Waals surface area contributed by atoms with E-state index in [0.29, 0.717) is 36.8 Å². The van der Waals surface area contributed by atoms with Gasteiger partial charge >= 0.3 is 0 Å². The maximum Gasteiger partial charge on any atom is 0.251 e. The number of carbonyl (C=O) groups excluding carboxylic acids is 2. The second-order valence-electron chi connectivity index (χ2n) is 7.65. The molecule has 0 radical (unpaired) electrons. The van der Waals surface area contributed by atoms with Gasteiger partial charge in [-0.25, -0.2) is 0 Å². The Bertz CT molecular complexity index is 851. The van der Waals surface area contributed by atoms with Gasteiger partial charge in [0.05, 0.1) is 6.61 Å². The van der Waals surface area contributed by atoms with Crippen LogP contribution in [0, 0.1) is 0 Å². The third-order valence-electron chi connectivity index (χ3n) is 5.23. The number of nitrogens with one attached hydrogen (secondary N) is 2. The Kier molecular flexibility index (Phi) is 8.70. The van der Waals surface area contributed by atoms with Crippen LogP contribution >= 0.6 is 0 Å². The van der Waals surface area contributed by atoms with Crippen LogP contribution in [0.2, 0.25) is 0 Å². The SMILES string of the molecule is CCOc1cc(C(=O)NCCC(=O)NC2CCCCC2)ccc1OCc1cccnc1. The number of aromatic nitrogens is 1. The van der Waals surface area contributed by atoms with Crippen molar-refractivity contribution in [2.75, 3.05) is 13.2 Å². The lowest BCUT2D eigenvalue weighted by atomic mass is 9.95. The van der Waals surface area contributed by atoms with E-state index in [4.69, 9.17) is 9.47 Å². The molecular weight excluding hydrogens is 394 g/mol. The summed E-state index contributed by atoms with van der Waals surface area (Å²) in [6.45, 7) is 2.98. The number of hydrogen-bond donors (Lipinski definition) is 2. The van der Waals surface area contributed by atoms with Gasteiger partial charge in [0.25, 0.3) is 5.91 Å². The third kappa shape index (κ3) is 7.27. The first-order valence-corrected chi connectivity index (χ1v) is 11.0. The van der Waals surface area contributed by atoms with Gasteiger partial charge in [-0.2, -0.15) is 0 Å². The standard InChI is InChI=1S/C24H31N3O4/c1-2-30-22-15-19(10-11-21(22)31-17-18-7-6-13-25-16-18)24(29)26-14-12-23(28)27-20-8-4-3-5-9-20/h6-7,10-11,13,15-16,20H,2-5,8-9,12,14,17H2,1H3,(H,26,29)(H,27,28). The van der Waals surface area contributed by atoms with E-state index < -0.39 is 0 Å². The van der Waals surface area contributed by atoms with Crippen LogP contribution in [0.1, 0.15) is 61.4 Å². The fourth-order valence-electron chi connectivity index (χ4n) is 3.62. The van der Waals surface area contributed by atoms with Crippen LogP contribution < -0.4 is 20.1 Å². The molecule has 2 N–H and O–H groups in total. The fourth-order valence-corrected chi connectivity index (χ4v) is 3.62. The molecule has 0 saturated heterocycles. The third-order valence-corrected chi connectivity index (χ3v) is 5.23. The van der Waals surface area contributed by atoms with Crippen molar-refractivity contribution in [3.8, 4) is 11.5 Å². The van der Waals surface area contributed by atoms with Gasteiger partial charge in [-0.1, -0.05) is 25.3 Å². The van der Waals surface area contributed by atoms with Gasteiger partial charge in [-0.05, 0) is 44.0 Å². The largest absolute Gasteiger partial charge is 0.490 e. The molecule has 166 valence electrons. The molecule has 31 heavy (non-hydrogen) atoms. The van der Waals surface area contributed by atoms with E-state index in [2.05, 4.69) is 15.6 Å². The predicted molar refractivity (Wildman–Crippen MR) is 118 cm³/mol. The summed E-state index contributed by atoms with van der Waals surface area (Å²) in [5, 5.41) is 5.87. The number of hydrogen-bond acceptors (Lipinski definition) is 5. The number of amides is 2. The molecule has 3 rings (SSSR count). The second-order valence-corrected chi connectivity index (χ2v) is 7.65. The van der Waals surface area contributed by atoms with Crippen molar-refractivity contribution in [1.82, 2.24) is 15.6 Å². The Labute approximate surface area is 183 Å². The minimum atomic E-state index is -0.245. The minimum Gasteiger partial charge on any atom is -0.490 e. The molecule has 2 aromatic rings. The zero-order chi connectivity index (χ0) is 21.9. The van der Waals surface area contributed by atoms with Gasteiger partial charge in [0.15, 0.2) is 11.5 Å². The van der Waals surface area contributed by atoms with Crippen molar-refractivity contribution in [1.29, 1.82) is 0 Å². The van der Waals surface area contributed by atoms with Crippen molar-refractivity contribution >= 4 is 11.8 Å². The fraction of sp³-hybridized carbons (Fsp3) is 0.458. The van der Waals surface area contributed by atoms with Crippen LogP contribution in [-0.2, 0) is 11.4 Å². The summed E-state index contributed by atoms with van der Waals surface area (Å²) in [6, 6.07) is 9.15. The van der Waals surface area contributed by atoms with Crippen molar-refractivity contribution in [2.45, 2.75) is 58.1 Å². The van der Waals surface area contributed by atoms with Crippen molar-refractivity contribution in [3.05, 3.63) is 53.9 Å². The van der Waals surface area contributed by atoms with Crippen LogP contribution in [0.5, 0.6) is 11.5 Å². The first-order valence-electron chi connectivity index (χ1n) is 11.0. The first-order chi connectivity index (χ1) is 15.2. The molecule has 1 aromatic heterocycles. The average molecular weight is 426 g/mol. The molecular formula is C24H31N3O4. The molecule has 1 aliphatic rings. The monoisotopic (exact) mass is 425 g/mol. The minimum absolute atomic E-state index is 0.0126. The Morgan fingerprint density at radius 3 is 2.68 bits per heavy atom. The van der Waals surface area contributed by atoms with Crippen LogP contribution in [0.3, 0.4) is 0 Å². The lowest BCUT2D eigenvalue weighted by Crippen LogP contribution is -2.38. The summed E-state index contributed by atoms with van der Waals surface area (Å²) in [5.41, 5.74) is 1.41. The highest BCUT2D eigenvalue weighted by atomic mass is 16.5. The first kappa shape index (κ1) is 22.6. The summed E-state index contributed by atoms with van der Waals surface area (Å²) < 4.78 is 11.5. The number of ether oxygens (including phenoxy) is 2. The molecule has 0 aliphatic heterocycles. The van der Waals surface area contributed by atoms with Gasteiger partial charge in [-0.15, -0.1) is 0 Å². The molecule has 1 fully saturated rings. The van der Waals surface area contributed by atoms with Crippen molar-refractivity contribution < 1.29 is 19.1 Å². The summed E-state index contributed by atoms with van der Waals surface area (Å²) in [4.78, 5) is 28.7. The van der Waals surface area contributed by atoms with Crippen molar-refractivity contribution in [2.24, 2.45) is 0 Å². The van der Waals surface area contributed by atoms with Gasteiger partial charge in [-0.3, -0.25) is 14.6 Å². The number of pyridine rings is 1. The lowest BCUT2D eigenvalue weighted by Gasteiger charge is -2.22. The number of benzene rings is 1. The molecule has 7 nitrogen and oxygen atoms in total. The maximum absolute atomic E-state index is 12.5. The van der Waals surface area contributed by atoms with Gasteiger partial charge in [0.2, 0.25) is 5.91 Å². The highest BCUT2D eigenvalue weighted by molar-refractivity contribution is 5.95. The van der Waals surface area contributed by atoms with Crippen LogP contribution in [-0.4, -0.2) is 36.0 Å². The highest BCUT2D eigenvalue weighted by Crippen LogP contribution is 2.29. The second kappa shape index (κ2) is 11.9. The van der Waals surface area contributed by atoms with Crippen LogP contribution in [0.25, 0.3) is 0 Å². The Hall–Kier alpha value is -3.09. The Morgan fingerprint density at radius 2 is 1.94 bits per heavy atom. The molecule has 1 saturated carbocycles. The predicted octanol–water partition coefficient (Wildman–Crippen LogP) is 3.63. The van der Waals surface area contributed by atoms with E-state index in [1.807, 2.05) is 19.1 Å². The van der Waals surface area contributed by atoms with E-state index in [9.17, 15) is 9.59 Å². The smallest absolute Gasteiger partial charge is 0.251 e. The molecule has 0 unspecified atom stereocenters. The highest BCUT2D eigenvalue weighted by Gasteiger charge is 2.16. The lowest BCUT2D eigenvalue weighted by molar-refractivity contribution is -0.121.